The zero-order chi connectivity index (χ0) is 10.3. The summed E-state index contributed by atoms with van der Waals surface area (Å²) in [6.45, 7) is 3.31. The van der Waals surface area contributed by atoms with Gasteiger partial charge in [-0.2, -0.15) is 0 Å². The molecule has 0 aliphatic carbocycles. The molecule has 0 aliphatic heterocycles. The Hall–Kier alpha value is -0.0551. The van der Waals surface area contributed by atoms with E-state index in [0.717, 1.165) is 6.42 Å². The molecular weight excluding hydrogens is 167 g/mol. The topological polar surface area (TPSA) is 38.7 Å². The lowest BCUT2D eigenvalue weighted by Gasteiger charge is -2.21. The summed E-state index contributed by atoms with van der Waals surface area (Å²) in [5.41, 5.74) is 0. The minimum atomic E-state index is -0.287. The SMILES string of the molecule is B[C@@H](COC)CC(O)C(C)COC. The highest BCUT2D eigenvalue weighted by Crippen LogP contribution is 2.15. The van der Waals surface area contributed by atoms with Crippen LogP contribution in [-0.4, -0.2) is 46.5 Å². The molecule has 2 unspecified atom stereocenters. The van der Waals surface area contributed by atoms with Crippen LogP contribution in [0.3, 0.4) is 0 Å². The van der Waals surface area contributed by atoms with Crippen LogP contribution in [0.25, 0.3) is 0 Å². The van der Waals surface area contributed by atoms with Crippen LogP contribution in [0.15, 0.2) is 0 Å². The number of rotatable bonds is 7. The Morgan fingerprint density at radius 3 is 2.23 bits per heavy atom. The predicted octanol–water partition coefficient (Wildman–Crippen LogP) is 0.0879. The van der Waals surface area contributed by atoms with Gasteiger partial charge in [0.15, 0.2) is 0 Å². The maximum atomic E-state index is 9.71. The van der Waals surface area contributed by atoms with E-state index in [1.807, 2.05) is 6.92 Å². The lowest BCUT2D eigenvalue weighted by atomic mass is 9.81. The smallest absolute Gasteiger partial charge is 0.108 e. The minimum absolute atomic E-state index is 0.198. The predicted molar refractivity (Wildman–Crippen MR) is 55.8 cm³/mol. The van der Waals surface area contributed by atoms with Gasteiger partial charge in [0.05, 0.1) is 12.7 Å². The molecular formula is C9H21BO3. The number of aliphatic hydroxyl groups is 1. The van der Waals surface area contributed by atoms with Gasteiger partial charge in [0.1, 0.15) is 7.85 Å². The first-order chi connectivity index (χ1) is 6.11. The average Bonchev–Trinajstić information content (AvgIpc) is 2.05. The van der Waals surface area contributed by atoms with Gasteiger partial charge in [-0.1, -0.05) is 6.92 Å². The number of aliphatic hydroxyl groups excluding tert-OH is 1. The molecule has 0 saturated carbocycles. The Morgan fingerprint density at radius 1 is 1.23 bits per heavy atom. The number of methoxy groups -OCH3 is 2. The summed E-state index contributed by atoms with van der Waals surface area (Å²) in [6.07, 6.45) is 0.489. The van der Waals surface area contributed by atoms with E-state index in [-0.39, 0.29) is 12.0 Å². The first kappa shape index (κ1) is 12.9. The Bertz CT molecular complexity index is 121. The van der Waals surface area contributed by atoms with Crippen molar-refractivity contribution >= 4 is 7.85 Å². The van der Waals surface area contributed by atoms with E-state index in [9.17, 15) is 5.11 Å². The number of ether oxygens (including phenoxy) is 2. The van der Waals surface area contributed by atoms with E-state index in [0.29, 0.717) is 19.0 Å². The van der Waals surface area contributed by atoms with Gasteiger partial charge >= 0.3 is 0 Å². The third-order valence-corrected chi connectivity index (χ3v) is 2.18. The van der Waals surface area contributed by atoms with Crippen molar-refractivity contribution in [3.05, 3.63) is 0 Å². The van der Waals surface area contributed by atoms with Crippen LogP contribution in [0.4, 0.5) is 0 Å². The molecule has 4 heteroatoms. The van der Waals surface area contributed by atoms with Crippen LogP contribution in [-0.2, 0) is 9.47 Å². The molecule has 3 nitrogen and oxygen atoms in total. The fraction of sp³-hybridized carbons (Fsp3) is 1.00. The van der Waals surface area contributed by atoms with Gasteiger partial charge in [0.25, 0.3) is 0 Å². The molecule has 0 rings (SSSR count). The molecule has 0 fully saturated rings. The van der Waals surface area contributed by atoms with E-state index in [1.54, 1.807) is 14.2 Å². The van der Waals surface area contributed by atoms with Gasteiger partial charge in [0, 0.05) is 26.7 Å². The van der Waals surface area contributed by atoms with E-state index < -0.39 is 0 Å². The van der Waals surface area contributed by atoms with Crippen molar-refractivity contribution in [1.82, 2.24) is 0 Å². The molecule has 3 atom stereocenters. The Balaban J connectivity index is 3.64. The maximum Gasteiger partial charge on any atom is 0.108 e. The molecule has 0 bridgehead atoms. The van der Waals surface area contributed by atoms with Gasteiger partial charge in [-0.15, -0.1) is 0 Å². The highest BCUT2D eigenvalue weighted by atomic mass is 16.5. The molecule has 0 amide bonds. The average molecular weight is 188 g/mol. The van der Waals surface area contributed by atoms with Crippen molar-refractivity contribution in [3.8, 4) is 0 Å². The standard InChI is InChI=1S/C9H21BO3/c1-7(5-12-2)9(11)4-8(10)6-13-3/h7-9,11H,4-6,10H2,1-3H3/t7?,8-,9?/m1/s1. The normalized spacial score (nSPS) is 18.2. The molecule has 0 radical (unpaired) electrons. The van der Waals surface area contributed by atoms with Crippen LogP contribution in [0, 0.1) is 5.92 Å². The summed E-state index contributed by atoms with van der Waals surface area (Å²) >= 11 is 0. The molecule has 0 aromatic carbocycles. The fourth-order valence-corrected chi connectivity index (χ4v) is 1.37. The molecule has 0 heterocycles. The second kappa shape index (κ2) is 7.36. The fourth-order valence-electron chi connectivity index (χ4n) is 1.37. The highest BCUT2D eigenvalue weighted by molar-refractivity contribution is 6.11. The lowest BCUT2D eigenvalue weighted by molar-refractivity contribution is 0.0459. The van der Waals surface area contributed by atoms with E-state index in [4.69, 9.17) is 9.47 Å². The molecule has 1 N–H and O–H groups in total. The van der Waals surface area contributed by atoms with E-state index in [2.05, 4.69) is 7.85 Å². The largest absolute Gasteiger partial charge is 0.393 e. The summed E-state index contributed by atoms with van der Waals surface area (Å²) in [7, 11) is 5.41. The van der Waals surface area contributed by atoms with Crippen LogP contribution in [0.5, 0.6) is 0 Å². The molecule has 0 saturated heterocycles. The van der Waals surface area contributed by atoms with Crippen LogP contribution in [0.1, 0.15) is 13.3 Å². The molecule has 0 aromatic heterocycles. The summed E-state index contributed by atoms with van der Waals surface area (Å²) in [4.78, 5) is 0. The van der Waals surface area contributed by atoms with Crippen LogP contribution in [0.2, 0.25) is 5.82 Å². The van der Waals surface area contributed by atoms with Gasteiger partial charge in [-0.3, -0.25) is 0 Å². The first-order valence-electron chi connectivity index (χ1n) is 4.77. The minimum Gasteiger partial charge on any atom is -0.393 e. The highest BCUT2D eigenvalue weighted by Gasteiger charge is 2.16. The van der Waals surface area contributed by atoms with Gasteiger partial charge < -0.3 is 14.6 Å². The molecule has 0 aliphatic rings. The van der Waals surface area contributed by atoms with Crippen LogP contribution < -0.4 is 0 Å². The summed E-state index contributed by atoms with van der Waals surface area (Å²) in [6, 6.07) is 0. The third-order valence-electron chi connectivity index (χ3n) is 2.18. The van der Waals surface area contributed by atoms with Gasteiger partial charge in [-0.25, -0.2) is 0 Å². The third kappa shape index (κ3) is 6.08. The maximum absolute atomic E-state index is 9.71. The molecule has 0 spiro atoms. The molecule has 0 aromatic rings. The van der Waals surface area contributed by atoms with Crippen molar-refractivity contribution in [3.63, 3.8) is 0 Å². The monoisotopic (exact) mass is 188 g/mol. The first-order valence-corrected chi connectivity index (χ1v) is 4.77. The second-order valence-corrected chi connectivity index (χ2v) is 3.80. The molecule has 78 valence electrons. The van der Waals surface area contributed by atoms with E-state index >= 15 is 0 Å². The van der Waals surface area contributed by atoms with Crippen molar-refractivity contribution in [2.45, 2.75) is 25.3 Å². The zero-order valence-corrected chi connectivity index (χ0v) is 9.12. The number of hydrogen-bond donors (Lipinski definition) is 1. The van der Waals surface area contributed by atoms with Crippen molar-refractivity contribution in [1.29, 1.82) is 0 Å². The Morgan fingerprint density at radius 2 is 1.77 bits per heavy atom. The van der Waals surface area contributed by atoms with Gasteiger partial charge in [0.2, 0.25) is 0 Å². The quantitative estimate of drug-likeness (QED) is 0.575. The van der Waals surface area contributed by atoms with E-state index in [1.165, 1.54) is 0 Å². The van der Waals surface area contributed by atoms with Crippen LogP contribution >= 0.6 is 0 Å². The molecule has 13 heavy (non-hydrogen) atoms. The Labute approximate surface area is 81.8 Å². The lowest BCUT2D eigenvalue weighted by Crippen LogP contribution is -2.24. The summed E-state index contributed by atoms with van der Waals surface area (Å²) < 4.78 is 9.98. The Kier molecular flexibility index (Phi) is 7.33. The van der Waals surface area contributed by atoms with Gasteiger partial charge in [-0.05, 0) is 12.2 Å². The summed E-state index contributed by atoms with van der Waals surface area (Å²) in [5.74, 6) is 0.601. The summed E-state index contributed by atoms with van der Waals surface area (Å²) in [5, 5.41) is 9.71. The zero-order valence-electron chi connectivity index (χ0n) is 9.12. The van der Waals surface area contributed by atoms with Crippen molar-refractivity contribution in [2.75, 3.05) is 27.4 Å². The van der Waals surface area contributed by atoms with Crippen molar-refractivity contribution < 1.29 is 14.6 Å². The number of hydrogen-bond acceptors (Lipinski definition) is 3. The second-order valence-electron chi connectivity index (χ2n) is 3.80. The van der Waals surface area contributed by atoms with Crippen molar-refractivity contribution in [2.24, 2.45) is 5.92 Å².